The predicted molar refractivity (Wildman–Crippen MR) is 106 cm³/mol. The number of carbonyl (C=O) groups is 1. The van der Waals surface area contributed by atoms with E-state index in [0.29, 0.717) is 5.69 Å². The second-order valence-electron chi connectivity index (χ2n) is 5.89. The maximum atomic E-state index is 12.4. The molecule has 1 aromatic carbocycles. The monoisotopic (exact) mass is 451 g/mol. The van der Waals surface area contributed by atoms with Gasteiger partial charge in [-0.25, -0.2) is 8.42 Å². The lowest BCUT2D eigenvalue weighted by molar-refractivity contribution is -0.385. The Morgan fingerprint density at radius 2 is 1.90 bits per heavy atom. The fourth-order valence-corrected chi connectivity index (χ4v) is 3.39. The molecule has 1 amide bonds. The first kappa shape index (κ1) is 21.1. The summed E-state index contributed by atoms with van der Waals surface area (Å²) >= 11 is 5.61. The van der Waals surface area contributed by atoms with Crippen molar-refractivity contribution < 1.29 is 18.1 Å². The molecule has 0 spiro atoms. The summed E-state index contributed by atoms with van der Waals surface area (Å²) in [7, 11) is -3.90. The van der Waals surface area contributed by atoms with Crippen LogP contribution in [0, 0.1) is 10.1 Å². The van der Waals surface area contributed by atoms with Crippen molar-refractivity contribution in [1.82, 2.24) is 20.0 Å². The van der Waals surface area contributed by atoms with Crippen molar-refractivity contribution >= 4 is 44.7 Å². The highest BCUT2D eigenvalue weighted by molar-refractivity contribution is 7.92. The maximum Gasteiger partial charge on any atom is 0.306 e. The summed E-state index contributed by atoms with van der Waals surface area (Å²) in [6, 6.07) is 8.26. The quantitative estimate of drug-likeness (QED) is 0.388. The SMILES string of the molecule is O=C(CCn1cc([N+](=O)[O-])cn1)Nc1ccc(S(=O)(=O)Nc2ccc(Cl)nn2)cc1. The topological polar surface area (TPSA) is 162 Å². The molecular weight excluding hydrogens is 438 g/mol. The average molecular weight is 452 g/mol. The van der Waals surface area contributed by atoms with Gasteiger partial charge in [-0.2, -0.15) is 5.10 Å². The van der Waals surface area contributed by atoms with Crippen LogP contribution in [0.2, 0.25) is 5.15 Å². The molecule has 0 saturated carbocycles. The second-order valence-corrected chi connectivity index (χ2v) is 7.96. The summed E-state index contributed by atoms with van der Waals surface area (Å²) in [5.74, 6) is -0.353. The Bertz CT molecular complexity index is 1160. The lowest BCUT2D eigenvalue weighted by atomic mass is 10.3. The zero-order valence-electron chi connectivity index (χ0n) is 15.1. The van der Waals surface area contributed by atoms with Gasteiger partial charge in [-0.15, -0.1) is 10.2 Å². The third kappa shape index (κ3) is 5.48. The molecule has 2 aromatic heterocycles. The van der Waals surface area contributed by atoms with Crippen LogP contribution < -0.4 is 10.0 Å². The molecule has 0 aliphatic carbocycles. The molecule has 3 rings (SSSR count). The first-order chi connectivity index (χ1) is 14.2. The average Bonchev–Trinajstić information content (AvgIpc) is 3.18. The minimum atomic E-state index is -3.90. The standard InChI is InChI=1S/C16H14ClN7O5S/c17-14-5-6-15(21-20-14)22-30(28,29)13-3-1-11(2-4-13)19-16(25)7-8-23-10-12(9-18-23)24(26)27/h1-6,9-10H,7-8H2,(H,19,25)(H,21,22). The van der Waals surface area contributed by atoms with Gasteiger partial charge in [0, 0.05) is 18.7 Å². The molecule has 2 heterocycles. The molecule has 0 aliphatic heterocycles. The Morgan fingerprint density at radius 3 is 2.50 bits per heavy atom. The van der Waals surface area contributed by atoms with E-state index in [4.69, 9.17) is 11.6 Å². The molecule has 2 N–H and O–H groups in total. The molecule has 0 bridgehead atoms. The first-order valence-corrected chi connectivity index (χ1v) is 10.2. The normalized spacial score (nSPS) is 11.1. The van der Waals surface area contributed by atoms with Crippen LogP contribution in [0.4, 0.5) is 17.2 Å². The van der Waals surface area contributed by atoms with Crippen LogP contribution in [0.1, 0.15) is 6.42 Å². The Hall–Kier alpha value is -3.58. The third-order valence-electron chi connectivity index (χ3n) is 3.72. The molecule has 14 heteroatoms. The van der Waals surface area contributed by atoms with Crippen molar-refractivity contribution in [2.24, 2.45) is 0 Å². The number of carbonyl (C=O) groups excluding carboxylic acids is 1. The number of hydrogen-bond acceptors (Lipinski definition) is 8. The fourth-order valence-electron chi connectivity index (χ4n) is 2.29. The molecule has 0 unspecified atom stereocenters. The van der Waals surface area contributed by atoms with Crippen molar-refractivity contribution in [2.75, 3.05) is 10.0 Å². The molecule has 3 aromatic rings. The number of anilines is 2. The summed E-state index contributed by atoms with van der Waals surface area (Å²) in [5, 5.41) is 24.3. The maximum absolute atomic E-state index is 12.4. The number of amides is 1. The van der Waals surface area contributed by atoms with Gasteiger partial charge >= 0.3 is 5.69 Å². The third-order valence-corrected chi connectivity index (χ3v) is 5.29. The van der Waals surface area contributed by atoms with E-state index >= 15 is 0 Å². The fraction of sp³-hybridized carbons (Fsp3) is 0.125. The van der Waals surface area contributed by atoms with Gasteiger partial charge in [0.05, 0.1) is 9.82 Å². The molecule has 0 radical (unpaired) electrons. The van der Waals surface area contributed by atoms with Gasteiger partial charge in [-0.3, -0.25) is 24.3 Å². The van der Waals surface area contributed by atoms with Crippen molar-refractivity contribution in [3.8, 4) is 0 Å². The number of nitrogens with zero attached hydrogens (tertiary/aromatic N) is 5. The van der Waals surface area contributed by atoms with E-state index in [2.05, 4.69) is 25.3 Å². The number of hydrogen-bond donors (Lipinski definition) is 2. The summed E-state index contributed by atoms with van der Waals surface area (Å²) < 4.78 is 28.3. The highest BCUT2D eigenvalue weighted by Gasteiger charge is 2.15. The Balaban J connectivity index is 1.57. The number of aryl methyl sites for hydroxylation is 1. The summed E-state index contributed by atoms with van der Waals surface area (Å²) in [5.41, 5.74) is 0.224. The van der Waals surface area contributed by atoms with E-state index in [1.54, 1.807) is 0 Å². The van der Waals surface area contributed by atoms with Gasteiger partial charge in [0.25, 0.3) is 10.0 Å². The lowest BCUT2D eigenvalue weighted by Gasteiger charge is -2.09. The molecule has 0 atom stereocenters. The van der Waals surface area contributed by atoms with Crippen molar-refractivity contribution in [1.29, 1.82) is 0 Å². The van der Waals surface area contributed by atoms with Crippen LogP contribution in [0.3, 0.4) is 0 Å². The first-order valence-electron chi connectivity index (χ1n) is 8.32. The van der Waals surface area contributed by atoms with E-state index in [1.165, 1.54) is 47.3 Å². The van der Waals surface area contributed by atoms with Gasteiger partial charge in [0.15, 0.2) is 11.0 Å². The van der Waals surface area contributed by atoms with Gasteiger partial charge in [-0.05, 0) is 36.4 Å². The van der Waals surface area contributed by atoms with Crippen molar-refractivity contribution in [2.45, 2.75) is 17.9 Å². The summed E-state index contributed by atoms with van der Waals surface area (Å²) in [6.07, 6.45) is 2.35. The summed E-state index contributed by atoms with van der Waals surface area (Å²) in [6.45, 7) is 0.151. The van der Waals surface area contributed by atoms with E-state index < -0.39 is 14.9 Å². The second kappa shape index (κ2) is 8.84. The number of benzene rings is 1. The van der Waals surface area contributed by atoms with Crippen molar-refractivity contribution in [3.63, 3.8) is 0 Å². The van der Waals surface area contributed by atoms with Gasteiger partial charge < -0.3 is 5.32 Å². The van der Waals surface area contributed by atoms with Crippen molar-refractivity contribution in [3.05, 3.63) is 64.1 Å². The van der Waals surface area contributed by atoms with Crippen LogP contribution in [0.15, 0.2) is 53.7 Å². The Morgan fingerprint density at radius 1 is 1.17 bits per heavy atom. The molecule has 30 heavy (non-hydrogen) atoms. The van der Waals surface area contributed by atoms with Crippen LogP contribution >= 0.6 is 11.6 Å². The lowest BCUT2D eigenvalue weighted by Crippen LogP contribution is -2.16. The van der Waals surface area contributed by atoms with Crippen LogP contribution in [-0.4, -0.2) is 39.2 Å². The number of nitro groups is 1. The molecule has 0 aliphatic rings. The van der Waals surface area contributed by atoms with Gasteiger partial charge in [0.1, 0.15) is 12.4 Å². The zero-order chi connectivity index (χ0) is 21.7. The molecule has 0 saturated heterocycles. The highest BCUT2D eigenvalue weighted by Crippen LogP contribution is 2.18. The number of rotatable bonds is 8. The van der Waals surface area contributed by atoms with Gasteiger partial charge in [0.2, 0.25) is 5.91 Å². The molecule has 0 fully saturated rings. The highest BCUT2D eigenvalue weighted by atomic mass is 35.5. The minimum absolute atomic E-state index is 0.00985. The van der Waals surface area contributed by atoms with E-state index in [0.717, 1.165) is 6.20 Å². The number of halogens is 1. The summed E-state index contributed by atoms with van der Waals surface area (Å²) in [4.78, 5) is 22.0. The van der Waals surface area contributed by atoms with E-state index in [1.807, 2.05) is 0 Å². The smallest absolute Gasteiger partial charge is 0.306 e. The molecular formula is C16H14ClN7O5S. The minimum Gasteiger partial charge on any atom is -0.326 e. The predicted octanol–water partition coefficient (Wildman–Crippen LogP) is 2.06. The Kier molecular flexibility index (Phi) is 6.23. The van der Waals surface area contributed by atoms with E-state index in [-0.39, 0.29) is 40.4 Å². The zero-order valence-corrected chi connectivity index (χ0v) is 16.7. The molecule has 156 valence electrons. The van der Waals surface area contributed by atoms with Crippen LogP contribution in [0.25, 0.3) is 0 Å². The Labute approximate surface area is 175 Å². The molecule has 12 nitrogen and oxygen atoms in total. The number of aromatic nitrogens is 4. The largest absolute Gasteiger partial charge is 0.326 e. The number of sulfonamides is 1. The van der Waals surface area contributed by atoms with Crippen LogP contribution in [-0.2, 0) is 21.4 Å². The van der Waals surface area contributed by atoms with Crippen LogP contribution in [0.5, 0.6) is 0 Å². The number of nitrogens with one attached hydrogen (secondary N) is 2. The van der Waals surface area contributed by atoms with E-state index in [9.17, 15) is 23.3 Å². The van der Waals surface area contributed by atoms with Gasteiger partial charge in [-0.1, -0.05) is 11.6 Å².